The molecule has 1 aromatic rings. The minimum absolute atomic E-state index is 0.0534. The molecule has 0 radical (unpaired) electrons. The van der Waals surface area contributed by atoms with Crippen LogP contribution in [0.1, 0.15) is 27.7 Å². The molecule has 1 aliphatic rings. The summed E-state index contributed by atoms with van der Waals surface area (Å²) in [5, 5.41) is 7.56. The summed E-state index contributed by atoms with van der Waals surface area (Å²) in [6, 6.07) is 2.08. The molecule has 0 amide bonds. The topological polar surface area (TPSA) is 59.4 Å². The predicted molar refractivity (Wildman–Crippen MR) is 83.9 cm³/mol. The standard InChI is InChI=1S/C15H26N4O2/c1-12(2)16-5-6-19-14(20)9-13(10-17-19)18-7-8-21-15(3,4)11-18/h9-10,12,16H,5-8,11H2,1-4H3. The Labute approximate surface area is 126 Å². The van der Waals surface area contributed by atoms with Gasteiger partial charge in [-0.15, -0.1) is 0 Å². The molecule has 1 saturated heterocycles. The van der Waals surface area contributed by atoms with E-state index in [1.165, 1.54) is 4.68 Å². The fourth-order valence-corrected chi connectivity index (χ4v) is 2.46. The average Bonchev–Trinajstić information content (AvgIpc) is 2.39. The van der Waals surface area contributed by atoms with E-state index in [0.717, 1.165) is 25.3 Å². The maximum Gasteiger partial charge on any atom is 0.268 e. The monoisotopic (exact) mass is 294 g/mol. The molecule has 2 rings (SSSR count). The van der Waals surface area contributed by atoms with E-state index in [-0.39, 0.29) is 11.2 Å². The van der Waals surface area contributed by atoms with Gasteiger partial charge in [0.25, 0.3) is 5.56 Å². The maximum atomic E-state index is 12.1. The number of morpholine rings is 1. The maximum absolute atomic E-state index is 12.1. The van der Waals surface area contributed by atoms with Crippen molar-refractivity contribution < 1.29 is 4.74 Å². The van der Waals surface area contributed by atoms with Gasteiger partial charge in [-0.25, -0.2) is 4.68 Å². The number of nitrogens with zero attached hydrogens (tertiary/aromatic N) is 3. The van der Waals surface area contributed by atoms with Gasteiger partial charge in [0.05, 0.1) is 30.6 Å². The van der Waals surface area contributed by atoms with Gasteiger partial charge in [-0.05, 0) is 13.8 Å². The largest absolute Gasteiger partial charge is 0.372 e. The molecular weight excluding hydrogens is 268 g/mol. The molecule has 1 N–H and O–H groups in total. The van der Waals surface area contributed by atoms with E-state index in [1.807, 2.05) is 0 Å². The molecule has 0 bridgehead atoms. The van der Waals surface area contributed by atoms with Crippen molar-refractivity contribution in [1.29, 1.82) is 0 Å². The molecule has 0 aromatic carbocycles. The first-order valence-electron chi connectivity index (χ1n) is 7.57. The Kier molecular flexibility index (Phi) is 5.00. The average molecular weight is 294 g/mol. The second kappa shape index (κ2) is 6.58. The Hall–Kier alpha value is -1.40. The lowest BCUT2D eigenvalue weighted by molar-refractivity contribution is -0.0277. The van der Waals surface area contributed by atoms with Crippen molar-refractivity contribution in [2.24, 2.45) is 0 Å². The summed E-state index contributed by atoms with van der Waals surface area (Å²) in [6.45, 7) is 11.9. The zero-order chi connectivity index (χ0) is 15.5. The molecule has 0 atom stereocenters. The van der Waals surface area contributed by atoms with Gasteiger partial charge in [-0.1, -0.05) is 13.8 Å². The smallest absolute Gasteiger partial charge is 0.268 e. The number of hydrogen-bond acceptors (Lipinski definition) is 5. The van der Waals surface area contributed by atoms with Crippen molar-refractivity contribution >= 4 is 5.69 Å². The lowest BCUT2D eigenvalue weighted by Gasteiger charge is -2.39. The van der Waals surface area contributed by atoms with E-state index in [0.29, 0.717) is 19.2 Å². The van der Waals surface area contributed by atoms with E-state index in [9.17, 15) is 4.79 Å². The first-order chi connectivity index (χ1) is 9.87. The molecule has 6 heteroatoms. The van der Waals surface area contributed by atoms with Gasteiger partial charge in [-0.2, -0.15) is 5.10 Å². The molecule has 0 spiro atoms. The number of nitrogens with one attached hydrogen (secondary N) is 1. The third-order valence-electron chi connectivity index (χ3n) is 3.52. The molecule has 2 heterocycles. The third kappa shape index (κ3) is 4.54. The van der Waals surface area contributed by atoms with Gasteiger partial charge in [0.2, 0.25) is 0 Å². The first-order valence-corrected chi connectivity index (χ1v) is 7.57. The van der Waals surface area contributed by atoms with E-state index in [1.54, 1.807) is 12.3 Å². The molecular formula is C15H26N4O2. The third-order valence-corrected chi connectivity index (χ3v) is 3.52. The van der Waals surface area contributed by atoms with Crippen LogP contribution in [-0.4, -0.2) is 47.7 Å². The summed E-state index contributed by atoms with van der Waals surface area (Å²) < 4.78 is 7.20. The zero-order valence-corrected chi connectivity index (χ0v) is 13.4. The minimum Gasteiger partial charge on any atom is -0.372 e. The van der Waals surface area contributed by atoms with E-state index >= 15 is 0 Å². The van der Waals surface area contributed by atoms with Gasteiger partial charge in [-0.3, -0.25) is 4.79 Å². The highest BCUT2D eigenvalue weighted by molar-refractivity contribution is 5.43. The van der Waals surface area contributed by atoms with Crippen LogP contribution in [0.4, 0.5) is 5.69 Å². The molecule has 6 nitrogen and oxygen atoms in total. The molecule has 1 aromatic heterocycles. The van der Waals surface area contributed by atoms with Crippen LogP contribution < -0.4 is 15.8 Å². The van der Waals surface area contributed by atoms with Crippen molar-refractivity contribution in [2.45, 2.75) is 45.9 Å². The number of hydrogen-bond donors (Lipinski definition) is 1. The van der Waals surface area contributed by atoms with Crippen LogP contribution in [-0.2, 0) is 11.3 Å². The molecule has 1 aliphatic heterocycles. The summed E-state index contributed by atoms with van der Waals surface area (Å²) in [7, 11) is 0. The summed E-state index contributed by atoms with van der Waals surface area (Å²) in [4.78, 5) is 14.3. The lowest BCUT2D eigenvalue weighted by atomic mass is 10.1. The van der Waals surface area contributed by atoms with Gasteiger partial charge >= 0.3 is 0 Å². The van der Waals surface area contributed by atoms with Crippen LogP contribution in [0.5, 0.6) is 0 Å². The van der Waals surface area contributed by atoms with Crippen LogP contribution in [0.2, 0.25) is 0 Å². The highest BCUT2D eigenvalue weighted by atomic mass is 16.5. The number of aromatic nitrogens is 2. The zero-order valence-electron chi connectivity index (χ0n) is 13.4. The normalized spacial score (nSPS) is 18.2. The van der Waals surface area contributed by atoms with Crippen molar-refractivity contribution in [3.8, 4) is 0 Å². The second-order valence-corrected chi connectivity index (χ2v) is 6.41. The van der Waals surface area contributed by atoms with Crippen LogP contribution in [0.3, 0.4) is 0 Å². The minimum atomic E-state index is -0.186. The van der Waals surface area contributed by atoms with Gasteiger partial charge in [0, 0.05) is 31.7 Å². The van der Waals surface area contributed by atoms with Crippen molar-refractivity contribution in [2.75, 3.05) is 31.1 Å². The highest BCUT2D eigenvalue weighted by Gasteiger charge is 2.27. The summed E-state index contributed by atoms with van der Waals surface area (Å²) in [6.07, 6.45) is 1.78. The van der Waals surface area contributed by atoms with Gasteiger partial charge in [0.15, 0.2) is 0 Å². The Balaban J connectivity index is 2.03. The fraction of sp³-hybridized carbons (Fsp3) is 0.733. The first kappa shape index (κ1) is 16.0. The Morgan fingerprint density at radius 2 is 2.24 bits per heavy atom. The molecule has 0 saturated carbocycles. The van der Waals surface area contributed by atoms with Gasteiger partial charge in [0.1, 0.15) is 0 Å². The second-order valence-electron chi connectivity index (χ2n) is 6.41. The van der Waals surface area contributed by atoms with Crippen LogP contribution in [0, 0.1) is 0 Å². The lowest BCUT2D eigenvalue weighted by Crippen LogP contribution is -2.48. The molecule has 0 unspecified atom stereocenters. The Morgan fingerprint density at radius 1 is 1.48 bits per heavy atom. The van der Waals surface area contributed by atoms with Crippen molar-refractivity contribution in [1.82, 2.24) is 15.1 Å². The fourth-order valence-electron chi connectivity index (χ4n) is 2.46. The molecule has 21 heavy (non-hydrogen) atoms. The van der Waals surface area contributed by atoms with Crippen LogP contribution in [0.25, 0.3) is 0 Å². The van der Waals surface area contributed by atoms with Gasteiger partial charge < -0.3 is 15.0 Å². The van der Waals surface area contributed by atoms with Crippen molar-refractivity contribution in [3.63, 3.8) is 0 Å². The Morgan fingerprint density at radius 3 is 2.86 bits per heavy atom. The number of ether oxygens (including phenoxy) is 1. The quantitative estimate of drug-likeness (QED) is 0.873. The molecule has 118 valence electrons. The highest BCUT2D eigenvalue weighted by Crippen LogP contribution is 2.21. The summed E-state index contributed by atoms with van der Waals surface area (Å²) >= 11 is 0. The van der Waals surface area contributed by atoms with Crippen LogP contribution >= 0.6 is 0 Å². The molecule has 1 fully saturated rings. The SMILES string of the molecule is CC(C)NCCn1ncc(N2CCOC(C)(C)C2)cc1=O. The van der Waals surface area contributed by atoms with E-state index < -0.39 is 0 Å². The number of anilines is 1. The number of rotatable bonds is 5. The van der Waals surface area contributed by atoms with E-state index in [2.05, 4.69) is 43.0 Å². The van der Waals surface area contributed by atoms with E-state index in [4.69, 9.17) is 4.74 Å². The Bertz CT molecular complexity index is 525. The van der Waals surface area contributed by atoms with Crippen molar-refractivity contribution in [3.05, 3.63) is 22.6 Å². The predicted octanol–water partition coefficient (Wildman–Crippen LogP) is 0.857. The summed E-state index contributed by atoms with van der Waals surface area (Å²) in [5.74, 6) is 0. The summed E-state index contributed by atoms with van der Waals surface area (Å²) in [5.41, 5.74) is 0.640. The van der Waals surface area contributed by atoms with Crippen LogP contribution in [0.15, 0.2) is 17.1 Å². The molecule has 0 aliphatic carbocycles.